The molecule has 0 aliphatic heterocycles. The molecule has 5 heteroatoms. The largest absolute Gasteiger partial charge is 0.462 e. The summed E-state index contributed by atoms with van der Waals surface area (Å²) < 4.78 is 30.5. The topological polar surface area (TPSA) is 60.4 Å². The molecular weight excluding hydrogens is 300 g/mol. The van der Waals surface area contributed by atoms with E-state index >= 15 is 0 Å². The van der Waals surface area contributed by atoms with Gasteiger partial charge in [0.1, 0.15) is 0 Å². The van der Waals surface area contributed by atoms with Crippen LogP contribution in [0.15, 0.2) is 46.2 Å². The van der Waals surface area contributed by atoms with Crippen LogP contribution in [-0.2, 0) is 19.4 Å². The molecule has 0 N–H and O–H groups in total. The third-order valence-electron chi connectivity index (χ3n) is 3.86. The summed E-state index contributed by atoms with van der Waals surface area (Å²) in [6.07, 6.45) is 6.77. The normalized spacial score (nSPS) is 17.2. The molecule has 2 rings (SSSR count). The molecule has 1 aliphatic rings. The molecule has 0 atom stereocenters. The minimum atomic E-state index is -3.84. The molecular formula is C17H22O4S. The number of hydrogen-bond acceptors (Lipinski definition) is 4. The first-order chi connectivity index (χ1) is 10.6. The highest BCUT2D eigenvalue weighted by Crippen LogP contribution is 2.29. The quantitative estimate of drug-likeness (QED) is 0.615. The first-order valence-electron chi connectivity index (χ1n) is 7.74. The van der Waals surface area contributed by atoms with Gasteiger partial charge in [0, 0.05) is 0 Å². The molecule has 1 saturated carbocycles. The van der Waals surface area contributed by atoms with E-state index in [-0.39, 0.29) is 22.3 Å². The predicted octanol–water partition coefficient (Wildman–Crippen LogP) is 3.49. The van der Waals surface area contributed by atoms with Crippen molar-refractivity contribution in [3.63, 3.8) is 0 Å². The molecule has 1 aromatic carbocycles. The Hall–Kier alpha value is -1.62. The average molecular weight is 322 g/mol. The Labute approximate surface area is 132 Å². The Balaban J connectivity index is 2.39. The van der Waals surface area contributed by atoms with Crippen LogP contribution in [0.4, 0.5) is 0 Å². The zero-order valence-electron chi connectivity index (χ0n) is 12.8. The second kappa shape index (κ2) is 7.58. The molecule has 0 bridgehead atoms. The van der Waals surface area contributed by atoms with Crippen LogP contribution in [-0.4, -0.2) is 21.0 Å². The number of benzene rings is 1. The fourth-order valence-electron chi connectivity index (χ4n) is 2.71. The maximum atomic E-state index is 12.8. The van der Waals surface area contributed by atoms with Gasteiger partial charge in [0.25, 0.3) is 0 Å². The highest BCUT2D eigenvalue weighted by Gasteiger charge is 2.29. The van der Waals surface area contributed by atoms with Crippen LogP contribution in [0.1, 0.15) is 39.0 Å². The minimum Gasteiger partial charge on any atom is -0.462 e. The number of carbonyl (C=O) groups excluding carboxylic acids is 1. The third kappa shape index (κ3) is 3.97. The molecule has 0 amide bonds. The summed E-state index contributed by atoms with van der Waals surface area (Å²) >= 11 is 0. The van der Waals surface area contributed by atoms with Gasteiger partial charge in [0.15, 0.2) is 4.91 Å². The van der Waals surface area contributed by atoms with E-state index in [1.165, 1.54) is 18.6 Å². The third-order valence-corrected chi connectivity index (χ3v) is 5.63. The van der Waals surface area contributed by atoms with Crippen molar-refractivity contribution in [1.82, 2.24) is 0 Å². The van der Waals surface area contributed by atoms with E-state index in [2.05, 4.69) is 0 Å². The van der Waals surface area contributed by atoms with Gasteiger partial charge in [-0.2, -0.15) is 0 Å². The van der Waals surface area contributed by atoms with Crippen LogP contribution in [0.5, 0.6) is 0 Å². The van der Waals surface area contributed by atoms with Gasteiger partial charge in [-0.1, -0.05) is 43.5 Å². The molecule has 1 aliphatic carbocycles. The molecule has 22 heavy (non-hydrogen) atoms. The maximum Gasteiger partial charge on any atom is 0.349 e. The molecule has 0 saturated heterocycles. The molecule has 0 aromatic heterocycles. The van der Waals surface area contributed by atoms with Crippen molar-refractivity contribution < 1.29 is 17.9 Å². The number of allylic oxidation sites excluding steroid dienone is 1. The van der Waals surface area contributed by atoms with E-state index in [9.17, 15) is 13.2 Å². The van der Waals surface area contributed by atoms with Crippen LogP contribution in [0.2, 0.25) is 0 Å². The van der Waals surface area contributed by atoms with E-state index in [1.54, 1.807) is 31.2 Å². The highest BCUT2D eigenvalue weighted by molar-refractivity contribution is 7.96. The van der Waals surface area contributed by atoms with Crippen LogP contribution >= 0.6 is 0 Å². The SMILES string of the molecule is CCOC(=O)/C(=C\C1CCCCC1)S(=O)(=O)c1ccccc1. The van der Waals surface area contributed by atoms with Gasteiger partial charge in [-0.25, -0.2) is 13.2 Å². The maximum absolute atomic E-state index is 12.8. The van der Waals surface area contributed by atoms with Crippen molar-refractivity contribution in [3.8, 4) is 0 Å². The fraction of sp³-hybridized carbons (Fsp3) is 0.471. The lowest BCUT2D eigenvalue weighted by atomic mass is 9.89. The number of sulfone groups is 1. The van der Waals surface area contributed by atoms with E-state index in [0.717, 1.165) is 25.7 Å². The second-order valence-electron chi connectivity index (χ2n) is 5.47. The second-order valence-corrected chi connectivity index (χ2v) is 7.38. The molecule has 120 valence electrons. The van der Waals surface area contributed by atoms with E-state index in [4.69, 9.17) is 4.74 Å². The van der Waals surface area contributed by atoms with Crippen LogP contribution < -0.4 is 0 Å². The lowest BCUT2D eigenvalue weighted by Gasteiger charge is -2.19. The molecule has 1 fully saturated rings. The van der Waals surface area contributed by atoms with Crippen molar-refractivity contribution in [3.05, 3.63) is 41.3 Å². The van der Waals surface area contributed by atoms with Gasteiger partial charge in [0.2, 0.25) is 9.84 Å². The molecule has 0 heterocycles. The zero-order valence-corrected chi connectivity index (χ0v) is 13.6. The molecule has 0 spiro atoms. The van der Waals surface area contributed by atoms with Crippen LogP contribution in [0, 0.1) is 5.92 Å². The molecule has 0 radical (unpaired) electrons. The summed E-state index contributed by atoms with van der Waals surface area (Å²) in [5.41, 5.74) is 0. The smallest absolute Gasteiger partial charge is 0.349 e. The van der Waals surface area contributed by atoms with E-state index in [0.29, 0.717) is 0 Å². The summed E-state index contributed by atoms with van der Waals surface area (Å²) in [4.78, 5) is 12.1. The van der Waals surface area contributed by atoms with Gasteiger partial charge in [-0.05, 0) is 37.8 Å². The molecule has 0 unspecified atom stereocenters. The molecule has 1 aromatic rings. The van der Waals surface area contributed by atoms with E-state index in [1.807, 2.05) is 0 Å². The fourth-order valence-corrected chi connectivity index (χ4v) is 4.13. The summed E-state index contributed by atoms with van der Waals surface area (Å²) in [6, 6.07) is 8.05. The predicted molar refractivity (Wildman–Crippen MR) is 84.9 cm³/mol. The lowest BCUT2D eigenvalue weighted by molar-refractivity contribution is -0.137. The van der Waals surface area contributed by atoms with Crippen molar-refractivity contribution >= 4 is 15.8 Å². The number of carbonyl (C=O) groups is 1. The Morgan fingerprint density at radius 2 is 1.82 bits per heavy atom. The first-order valence-corrected chi connectivity index (χ1v) is 9.23. The lowest BCUT2D eigenvalue weighted by Crippen LogP contribution is -2.19. The minimum absolute atomic E-state index is 0.130. The van der Waals surface area contributed by atoms with Gasteiger partial charge in [0.05, 0.1) is 11.5 Å². The number of ether oxygens (including phenoxy) is 1. The van der Waals surface area contributed by atoms with Gasteiger partial charge >= 0.3 is 5.97 Å². The Morgan fingerprint density at radius 3 is 2.41 bits per heavy atom. The van der Waals surface area contributed by atoms with Gasteiger partial charge in [-0.3, -0.25) is 0 Å². The molecule has 4 nitrogen and oxygen atoms in total. The Morgan fingerprint density at radius 1 is 1.18 bits per heavy atom. The monoisotopic (exact) mass is 322 g/mol. The summed E-state index contributed by atoms with van der Waals surface area (Å²) in [5, 5.41) is 0. The number of hydrogen-bond donors (Lipinski definition) is 0. The highest BCUT2D eigenvalue weighted by atomic mass is 32.2. The standard InChI is InChI=1S/C17H22O4S/c1-2-21-17(18)16(13-14-9-5-3-6-10-14)22(19,20)15-11-7-4-8-12-15/h4,7-8,11-14H,2-3,5-6,9-10H2,1H3/b16-13+. The Kier molecular flexibility index (Phi) is 5.77. The summed E-state index contributed by atoms with van der Waals surface area (Å²) in [6.45, 7) is 1.83. The van der Waals surface area contributed by atoms with Crippen molar-refractivity contribution in [2.24, 2.45) is 5.92 Å². The first kappa shape index (κ1) is 16.7. The van der Waals surface area contributed by atoms with Gasteiger partial charge < -0.3 is 4.74 Å². The van der Waals surface area contributed by atoms with Gasteiger partial charge in [-0.15, -0.1) is 0 Å². The zero-order chi connectivity index (χ0) is 16.0. The number of esters is 1. The van der Waals surface area contributed by atoms with Crippen LogP contribution in [0.25, 0.3) is 0 Å². The summed E-state index contributed by atoms with van der Waals surface area (Å²) in [7, 11) is -3.84. The summed E-state index contributed by atoms with van der Waals surface area (Å²) in [5.74, 6) is -0.622. The average Bonchev–Trinajstić information content (AvgIpc) is 2.54. The Bertz CT molecular complexity index is 626. The number of rotatable bonds is 5. The van der Waals surface area contributed by atoms with E-state index < -0.39 is 15.8 Å². The van der Waals surface area contributed by atoms with Crippen molar-refractivity contribution in [1.29, 1.82) is 0 Å². The van der Waals surface area contributed by atoms with Crippen LogP contribution in [0.3, 0.4) is 0 Å². The van der Waals surface area contributed by atoms with Crippen molar-refractivity contribution in [2.45, 2.75) is 43.9 Å². The van der Waals surface area contributed by atoms with Crippen molar-refractivity contribution in [2.75, 3.05) is 6.61 Å².